The average molecular weight is 284 g/mol. The zero-order chi connectivity index (χ0) is 15.2. The van der Waals surface area contributed by atoms with Gasteiger partial charge >= 0.3 is 0 Å². The highest BCUT2D eigenvalue weighted by molar-refractivity contribution is 5.95. The number of carbonyl (C=O) groups excluding carboxylic acids is 1. The molecule has 0 aliphatic rings. The first-order valence-corrected chi connectivity index (χ1v) is 6.94. The van der Waals surface area contributed by atoms with Gasteiger partial charge in [-0.3, -0.25) is 4.79 Å². The first kappa shape index (κ1) is 15.1. The van der Waals surface area contributed by atoms with Crippen LogP contribution in [0.25, 0.3) is 0 Å². The standard InChI is InChI=1S/C17H20N2O2/c1-13-11-15(20)7-8-16(13)17(21)19(10-9-18)12-14-5-3-2-4-6-14/h2-8,11,20H,9-10,12,18H2,1H3. The number of hydrogen-bond donors (Lipinski definition) is 2. The molecule has 21 heavy (non-hydrogen) atoms. The number of rotatable bonds is 5. The van der Waals surface area contributed by atoms with Gasteiger partial charge in [0.15, 0.2) is 0 Å². The molecule has 0 atom stereocenters. The topological polar surface area (TPSA) is 66.6 Å². The molecule has 2 rings (SSSR count). The summed E-state index contributed by atoms with van der Waals surface area (Å²) in [5, 5.41) is 9.45. The van der Waals surface area contributed by atoms with Crippen molar-refractivity contribution in [3.8, 4) is 5.75 Å². The van der Waals surface area contributed by atoms with Gasteiger partial charge < -0.3 is 15.7 Å². The van der Waals surface area contributed by atoms with Crippen molar-refractivity contribution in [2.75, 3.05) is 13.1 Å². The van der Waals surface area contributed by atoms with Crippen molar-refractivity contribution in [2.24, 2.45) is 5.73 Å². The Labute approximate surface area is 124 Å². The summed E-state index contributed by atoms with van der Waals surface area (Å²) in [6, 6.07) is 14.6. The van der Waals surface area contributed by atoms with Gasteiger partial charge in [-0.2, -0.15) is 0 Å². The normalized spacial score (nSPS) is 10.4. The van der Waals surface area contributed by atoms with E-state index >= 15 is 0 Å². The van der Waals surface area contributed by atoms with Crippen molar-refractivity contribution in [3.63, 3.8) is 0 Å². The molecular weight excluding hydrogens is 264 g/mol. The van der Waals surface area contributed by atoms with E-state index in [1.807, 2.05) is 37.3 Å². The Morgan fingerprint density at radius 3 is 2.52 bits per heavy atom. The lowest BCUT2D eigenvalue weighted by Crippen LogP contribution is -2.35. The number of nitrogens with zero attached hydrogens (tertiary/aromatic N) is 1. The number of hydrogen-bond acceptors (Lipinski definition) is 3. The summed E-state index contributed by atoms with van der Waals surface area (Å²) in [6.07, 6.45) is 0. The molecule has 0 spiro atoms. The van der Waals surface area contributed by atoms with Gasteiger partial charge in [-0.05, 0) is 36.2 Å². The molecule has 0 heterocycles. The number of aryl methyl sites for hydroxylation is 1. The Balaban J connectivity index is 2.23. The summed E-state index contributed by atoms with van der Waals surface area (Å²) < 4.78 is 0. The first-order chi connectivity index (χ1) is 10.1. The van der Waals surface area contributed by atoms with E-state index < -0.39 is 0 Å². The van der Waals surface area contributed by atoms with Crippen molar-refractivity contribution in [2.45, 2.75) is 13.5 Å². The molecule has 0 bridgehead atoms. The van der Waals surface area contributed by atoms with Gasteiger partial charge in [0.05, 0.1) is 0 Å². The summed E-state index contributed by atoms with van der Waals surface area (Å²) in [5.41, 5.74) is 8.05. The van der Waals surface area contributed by atoms with Crippen LogP contribution in [-0.4, -0.2) is 29.0 Å². The Morgan fingerprint density at radius 1 is 1.19 bits per heavy atom. The van der Waals surface area contributed by atoms with Gasteiger partial charge in [0.2, 0.25) is 0 Å². The van der Waals surface area contributed by atoms with Crippen molar-refractivity contribution in [3.05, 3.63) is 65.2 Å². The van der Waals surface area contributed by atoms with Crippen molar-refractivity contribution in [1.82, 2.24) is 4.90 Å². The van der Waals surface area contributed by atoms with Gasteiger partial charge in [0.25, 0.3) is 5.91 Å². The van der Waals surface area contributed by atoms with Gasteiger partial charge in [0.1, 0.15) is 5.75 Å². The molecule has 0 fully saturated rings. The molecule has 0 radical (unpaired) electrons. The lowest BCUT2D eigenvalue weighted by Gasteiger charge is -2.23. The number of phenolic OH excluding ortho intramolecular Hbond substituents is 1. The van der Waals surface area contributed by atoms with Crippen LogP contribution in [-0.2, 0) is 6.54 Å². The lowest BCUT2D eigenvalue weighted by molar-refractivity contribution is 0.0747. The summed E-state index contributed by atoms with van der Waals surface area (Å²) in [6.45, 7) is 3.25. The molecule has 0 saturated heterocycles. The van der Waals surface area contributed by atoms with Gasteiger partial charge in [-0.15, -0.1) is 0 Å². The summed E-state index contributed by atoms with van der Waals surface area (Å²) in [5.74, 6) is 0.0966. The lowest BCUT2D eigenvalue weighted by atomic mass is 10.1. The Kier molecular flexibility index (Phi) is 4.95. The van der Waals surface area contributed by atoms with E-state index in [4.69, 9.17) is 5.73 Å². The number of aromatic hydroxyl groups is 1. The van der Waals surface area contributed by atoms with E-state index in [0.717, 1.165) is 11.1 Å². The van der Waals surface area contributed by atoms with Crippen LogP contribution < -0.4 is 5.73 Å². The van der Waals surface area contributed by atoms with Gasteiger partial charge in [-0.1, -0.05) is 30.3 Å². The first-order valence-electron chi connectivity index (χ1n) is 6.94. The molecule has 1 amide bonds. The van der Waals surface area contributed by atoms with Crippen LogP contribution in [0.4, 0.5) is 0 Å². The zero-order valence-electron chi connectivity index (χ0n) is 12.1. The van der Waals surface area contributed by atoms with E-state index in [0.29, 0.717) is 25.2 Å². The largest absolute Gasteiger partial charge is 0.508 e. The fourth-order valence-electron chi connectivity index (χ4n) is 2.27. The Bertz CT molecular complexity index is 611. The quantitative estimate of drug-likeness (QED) is 0.885. The summed E-state index contributed by atoms with van der Waals surface area (Å²) in [7, 11) is 0. The highest BCUT2D eigenvalue weighted by Crippen LogP contribution is 2.18. The van der Waals surface area contributed by atoms with E-state index in [2.05, 4.69) is 0 Å². The fraction of sp³-hybridized carbons (Fsp3) is 0.235. The minimum Gasteiger partial charge on any atom is -0.508 e. The third-order valence-electron chi connectivity index (χ3n) is 3.34. The van der Waals surface area contributed by atoms with Crippen molar-refractivity contribution < 1.29 is 9.90 Å². The van der Waals surface area contributed by atoms with Crippen LogP contribution in [0.2, 0.25) is 0 Å². The van der Waals surface area contributed by atoms with Crippen molar-refractivity contribution >= 4 is 5.91 Å². The van der Waals surface area contributed by atoms with Crippen LogP contribution in [0.1, 0.15) is 21.5 Å². The minimum absolute atomic E-state index is 0.0678. The molecule has 0 aliphatic carbocycles. The van der Waals surface area contributed by atoms with Gasteiger partial charge in [-0.25, -0.2) is 0 Å². The molecule has 110 valence electrons. The van der Waals surface area contributed by atoms with Crippen molar-refractivity contribution in [1.29, 1.82) is 0 Å². The molecule has 2 aromatic carbocycles. The summed E-state index contributed by atoms with van der Waals surface area (Å²) in [4.78, 5) is 14.4. The molecular formula is C17H20N2O2. The summed E-state index contributed by atoms with van der Waals surface area (Å²) >= 11 is 0. The molecule has 0 unspecified atom stereocenters. The van der Waals surface area contributed by atoms with E-state index in [1.54, 1.807) is 17.0 Å². The predicted octanol–water partition coefficient (Wildman–Crippen LogP) is 2.30. The third-order valence-corrected chi connectivity index (χ3v) is 3.34. The maximum Gasteiger partial charge on any atom is 0.254 e. The van der Waals surface area contributed by atoms with Crippen LogP contribution in [0.5, 0.6) is 5.75 Å². The van der Waals surface area contributed by atoms with Gasteiger partial charge in [0, 0.05) is 25.2 Å². The average Bonchev–Trinajstić information content (AvgIpc) is 2.47. The maximum atomic E-state index is 12.7. The zero-order valence-corrected chi connectivity index (χ0v) is 12.1. The number of amides is 1. The number of phenols is 1. The van der Waals surface area contributed by atoms with E-state index in [1.165, 1.54) is 6.07 Å². The van der Waals surface area contributed by atoms with E-state index in [9.17, 15) is 9.90 Å². The molecule has 0 saturated carbocycles. The molecule has 0 aromatic heterocycles. The SMILES string of the molecule is Cc1cc(O)ccc1C(=O)N(CCN)Cc1ccccc1. The molecule has 3 N–H and O–H groups in total. The fourth-order valence-corrected chi connectivity index (χ4v) is 2.27. The molecule has 4 heteroatoms. The number of carbonyl (C=O) groups is 1. The van der Waals surface area contributed by atoms with E-state index in [-0.39, 0.29) is 11.7 Å². The smallest absolute Gasteiger partial charge is 0.254 e. The molecule has 0 aliphatic heterocycles. The Hall–Kier alpha value is -2.33. The van der Waals surface area contributed by atoms with Crippen LogP contribution in [0, 0.1) is 6.92 Å². The second-order valence-corrected chi connectivity index (χ2v) is 5.00. The predicted molar refractivity (Wildman–Crippen MR) is 83.1 cm³/mol. The van der Waals surface area contributed by atoms with Crippen LogP contribution in [0.3, 0.4) is 0 Å². The Morgan fingerprint density at radius 2 is 1.90 bits per heavy atom. The maximum absolute atomic E-state index is 12.7. The van der Waals surface area contributed by atoms with Crippen LogP contribution >= 0.6 is 0 Å². The monoisotopic (exact) mass is 284 g/mol. The highest BCUT2D eigenvalue weighted by atomic mass is 16.3. The molecule has 2 aromatic rings. The number of nitrogens with two attached hydrogens (primary N) is 1. The second-order valence-electron chi connectivity index (χ2n) is 5.00. The highest BCUT2D eigenvalue weighted by Gasteiger charge is 2.17. The number of benzene rings is 2. The molecule has 4 nitrogen and oxygen atoms in total. The second kappa shape index (κ2) is 6.90. The minimum atomic E-state index is -0.0678. The third kappa shape index (κ3) is 3.83. The van der Waals surface area contributed by atoms with Crippen LogP contribution in [0.15, 0.2) is 48.5 Å².